The van der Waals surface area contributed by atoms with Gasteiger partial charge < -0.3 is 20.8 Å². The number of methoxy groups -OCH3 is 1. The van der Waals surface area contributed by atoms with E-state index in [0.29, 0.717) is 0 Å². The number of nitrogens with two attached hydrogens (primary N) is 1. The van der Waals surface area contributed by atoms with Crippen LogP contribution >= 0.6 is 0 Å². The number of nitrogens with zero attached hydrogens (tertiary/aromatic N) is 1. The van der Waals surface area contributed by atoms with Crippen LogP contribution in [0.25, 0.3) is 0 Å². The van der Waals surface area contributed by atoms with Crippen LogP contribution in [0.3, 0.4) is 0 Å². The fourth-order valence-electron chi connectivity index (χ4n) is 1.11. The molecule has 1 rings (SSSR count). The van der Waals surface area contributed by atoms with Gasteiger partial charge in [-0.2, -0.15) is 0 Å². The van der Waals surface area contributed by atoms with Gasteiger partial charge in [0.05, 0.1) is 18.2 Å². The fourth-order valence-corrected chi connectivity index (χ4v) is 1.11. The fraction of sp³-hybridized carbons (Fsp3) is 0.111. The summed E-state index contributed by atoms with van der Waals surface area (Å²) in [7, 11) is 1.29. The number of oxime groups is 1. The summed E-state index contributed by atoms with van der Waals surface area (Å²) in [6.07, 6.45) is 0. The van der Waals surface area contributed by atoms with Crippen molar-refractivity contribution >= 4 is 11.8 Å². The van der Waals surface area contributed by atoms with Gasteiger partial charge in [-0.15, -0.1) is 0 Å². The minimum absolute atomic E-state index is 0.0976. The van der Waals surface area contributed by atoms with Gasteiger partial charge in [-0.05, 0) is 12.1 Å². The Hall–Kier alpha value is -2.31. The van der Waals surface area contributed by atoms with Gasteiger partial charge in [-0.25, -0.2) is 9.18 Å². The summed E-state index contributed by atoms with van der Waals surface area (Å²) in [5, 5.41) is 19.7. The second-order valence-electron chi connectivity index (χ2n) is 2.83. The first kappa shape index (κ1) is 11.8. The zero-order valence-electron chi connectivity index (χ0n) is 8.27. The topological polar surface area (TPSA) is 105 Å². The lowest BCUT2D eigenvalue weighted by atomic mass is 10.1. The third kappa shape index (κ3) is 2.02. The van der Waals surface area contributed by atoms with Gasteiger partial charge >= 0.3 is 5.97 Å². The first-order valence-electron chi connectivity index (χ1n) is 4.10. The molecule has 0 aliphatic rings. The first-order valence-corrected chi connectivity index (χ1v) is 4.10. The van der Waals surface area contributed by atoms with Gasteiger partial charge in [-0.3, -0.25) is 0 Å². The Kier molecular flexibility index (Phi) is 3.29. The highest BCUT2D eigenvalue weighted by Gasteiger charge is 2.19. The standard InChI is InChI=1S/C9H9FN2O4/c1-16-4-2-5(8(11)12-15)7(10)6(3-4)9(13)14/h2-3,15H,1H3,(H2,11,12)(H,13,14). The second kappa shape index (κ2) is 4.47. The molecule has 1 aromatic carbocycles. The highest BCUT2D eigenvalue weighted by molar-refractivity contribution is 6.00. The summed E-state index contributed by atoms with van der Waals surface area (Å²) >= 11 is 0. The van der Waals surface area contributed by atoms with Crippen molar-refractivity contribution in [3.63, 3.8) is 0 Å². The third-order valence-electron chi connectivity index (χ3n) is 1.90. The number of hydrogen-bond donors (Lipinski definition) is 3. The predicted molar refractivity (Wildman–Crippen MR) is 52.4 cm³/mol. The maximum Gasteiger partial charge on any atom is 0.338 e. The minimum Gasteiger partial charge on any atom is -0.497 e. The highest BCUT2D eigenvalue weighted by atomic mass is 19.1. The van der Waals surface area contributed by atoms with Gasteiger partial charge in [0.2, 0.25) is 0 Å². The molecule has 0 unspecified atom stereocenters. The second-order valence-corrected chi connectivity index (χ2v) is 2.83. The largest absolute Gasteiger partial charge is 0.497 e. The number of carbonyl (C=O) groups is 1. The van der Waals surface area contributed by atoms with Crippen molar-refractivity contribution in [1.29, 1.82) is 0 Å². The van der Waals surface area contributed by atoms with Crippen LogP contribution in [0, 0.1) is 5.82 Å². The molecule has 0 heterocycles. The average molecular weight is 228 g/mol. The molecule has 86 valence electrons. The van der Waals surface area contributed by atoms with Crippen molar-refractivity contribution in [3.8, 4) is 5.75 Å². The van der Waals surface area contributed by atoms with E-state index < -0.39 is 23.2 Å². The smallest absolute Gasteiger partial charge is 0.338 e. The summed E-state index contributed by atoms with van der Waals surface area (Å²) in [5.41, 5.74) is 4.25. The molecule has 0 aliphatic heterocycles. The Bertz CT molecular complexity index is 459. The molecular formula is C9H9FN2O4. The van der Waals surface area contributed by atoms with Gasteiger partial charge in [0.25, 0.3) is 0 Å². The molecule has 4 N–H and O–H groups in total. The lowest BCUT2D eigenvalue weighted by Gasteiger charge is -2.07. The monoisotopic (exact) mass is 228 g/mol. The molecule has 0 saturated heterocycles. The number of benzene rings is 1. The Morgan fingerprint density at radius 3 is 2.50 bits per heavy atom. The molecule has 0 saturated carbocycles. The minimum atomic E-state index is -1.47. The van der Waals surface area contributed by atoms with E-state index in [1.165, 1.54) is 7.11 Å². The quantitative estimate of drug-likeness (QED) is 0.304. The number of ether oxygens (including phenoxy) is 1. The van der Waals surface area contributed by atoms with E-state index in [9.17, 15) is 9.18 Å². The molecule has 0 spiro atoms. The number of hydrogen-bond acceptors (Lipinski definition) is 4. The number of rotatable bonds is 3. The number of halogens is 1. The molecule has 0 amide bonds. The molecule has 6 nitrogen and oxygen atoms in total. The Balaban J connectivity index is 3.49. The maximum atomic E-state index is 13.6. The zero-order chi connectivity index (χ0) is 12.3. The van der Waals surface area contributed by atoms with E-state index >= 15 is 0 Å². The van der Waals surface area contributed by atoms with Crippen LogP contribution in [0.2, 0.25) is 0 Å². The van der Waals surface area contributed by atoms with Crippen molar-refractivity contribution in [2.45, 2.75) is 0 Å². The lowest BCUT2D eigenvalue weighted by molar-refractivity contribution is 0.0691. The summed E-state index contributed by atoms with van der Waals surface area (Å²) in [6.45, 7) is 0. The predicted octanol–water partition coefficient (Wildman–Crippen LogP) is 0.627. The van der Waals surface area contributed by atoms with Crippen molar-refractivity contribution in [1.82, 2.24) is 0 Å². The molecule has 1 aromatic rings. The van der Waals surface area contributed by atoms with E-state index in [1.807, 2.05) is 0 Å². The number of carboxylic acids is 1. The van der Waals surface area contributed by atoms with Crippen LogP contribution in [0.15, 0.2) is 17.3 Å². The molecular weight excluding hydrogens is 219 g/mol. The molecule has 0 bridgehead atoms. The third-order valence-corrected chi connectivity index (χ3v) is 1.90. The van der Waals surface area contributed by atoms with Crippen LogP contribution in [0.5, 0.6) is 5.75 Å². The highest BCUT2D eigenvalue weighted by Crippen LogP contribution is 2.21. The molecule has 0 fully saturated rings. The summed E-state index contributed by atoms with van der Waals surface area (Å²) in [6, 6.07) is 2.14. The normalized spacial score (nSPS) is 11.2. The van der Waals surface area contributed by atoms with E-state index in [0.717, 1.165) is 12.1 Å². The Morgan fingerprint density at radius 1 is 1.50 bits per heavy atom. The van der Waals surface area contributed by atoms with Crippen LogP contribution in [0.4, 0.5) is 4.39 Å². The summed E-state index contributed by atoms with van der Waals surface area (Å²) in [4.78, 5) is 10.7. The molecule has 0 aliphatic carbocycles. The molecule has 7 heteroatoms. The molecule has 0 atom stereocenters. The van der Waals surface area contributed by atoms with Crippen LogP contribution in [0.1, 0.15) is 15.9 Å². The van der Waals surface area contributed by atoms with Gasteiger partial charge in [-0.1, -0.05) is 5.16 Å². The molecule has 0 radical (unpaired) electrons. The van der Waals surface area contributed by atoms with Gasteiger partial charge in [0.15, 0.2) is 5.84 Å². The van der Waals surface area contributed by atoms with Crippen molar-refractivity contribution in [2.24, 2.45) is 10.9 Å². The summed E-state index contributed by atoms with van der Waals surface area (Å²) in [5.74, 6) is -2.98. The van der Waals surface area contributed by atoms with Crippen molar-refractivity contribution < 1.29 is 24.2 Å². The van der Waals surface area contributed by atoms with Crippen molar-refractivity contribution in [2.75, 3.05) is 7.11 Å². The number of carboxylic acid groups (broad SMARTS) is 1. The van der Waals surface area contributed by atoms with Gasteiger partial charge in [0, 0.05) is 0 Å². The zero-order valence-corrected chi connectivity index (χ0v) is 8.27. The maximum absolute atomic E-state index is 13.6. The van der Waals surface area contributed by atoms with Gasteiger partial charge in [0.1, 0.15) is 11.6 Å². The number of amidine groups is 1. The lowest BCUT2D eigenvalue weighted by Crippen LogP contribution is -2.17. The number of aromatic carboxylic acids is 1. The van der Waals surface area contributed by atoms with Crippen LogP contribution in [-0.2, 0) is 0 Å². The van der Waals surface area contributed by atoms with E-state index in [4.69, 9.17) is 20.8 Å². The first-order chi connectivity index (χ1) is 7.51. The van der Waals surface area contributed by atoms with Crippen molar-refractivity contribution in [3.05, 3.63) is 29.1 Å². The Labute approximate surface area is 89.7 Å². The Morgan fingerprint density at radius 2 is 2.06 bits per heavy atom. The average Bonchev–Trinajstić information content (AvgIpc) is 2.28. The van der Waals surface area contributed by atoms with E-state index in [2.05, 4.69) is 5.16 Å². The summed E-state index contributed by atoms with van der Waals surface area (Å²) < 4.78 is 18.3. The molecule has 0 aromatic heterocycles. The SMILES string of the molecule is COc1cc(C(=O)O)c(F)c(/C(N)=N/O)c1. The van der Waals surface area contributed by atoms with Crippen LogP contribution in [-0.4, -0.2) is 29.2 Å². The van der Waals surface area contributed by atoms with E-state index in [-0.39, 0.29) is 11.3 Å². The molecule has 16 heavy (non-hydrogen) atoms. The van der Waals surface area contributed by atoms with Crippen LogP contribution < -0.4 is 10.5 Å². The van der Waals surface area contributed by atoms with E-state index in [1.54, 1.807) is 0 Å².